The summed E-state index contributed by atoms with van der Waals surface area (Å²) in [6, 6.07) is 85.5. The topological polar surface area (TPSA) is 54.1 Å². The van der Waals surface area contributed by atoms with Gasteiger partial charge in [-0.15, -0.1) is 0 Å². The third-order valence-corrected chi connectivity index (χ3v) is 12.2. The highest BCUT2D eigenvalue weighted by molar-refractivity contribution is 6.23. The third-order valence-electron chi connectivity index (χ3n) is 12.2. The fourth-order valence-electron chi connectivity index (χ4n) is 9.21. The van der Waals surface area contributed by atoms with Crippen LogP contribution in [0.15, 0.2) is 231 Å². The Kier molecular flexibility index (Phi) is 9.58. The van der Waals surface area contributed by atoms with E-state index in [0.717, 1.165) is 77.9 Å². The minimum atomic E-state index is 0.616. The lowest BCUT2D eigenvalue weighted by Gasteiger charge is -2.28. The maximum atomic E-state index is 9.70. The van der Waals surface area contributed by atoms with E-state index in [-0.39, 0.29) is 0 Å². The fourth-order valence-corrected chi connectivity index (χ4v) is 9.21. The second-order valence-electron chi connectivity index (χ2n) is 16.0. The zero-order valence-electron chi connectivity index (χ0n) is 34.7. The summed E-state index contributed by atoms with van der Waals surface area (Å²) in [5.74, 6) is 0. The molecule has 0 bridgehead atoms. The summed E-state index contributed by atoms with van der Waals surface area (Å²) < 4.78 is 0. The summed E-state index contributed by atoms with van der Waals surface area (Å²) in [6.07, 6.45) is 0. The van der Waals surface area contributed by atoms with Crippen LogP contribution in [0.5, 0.6) is 0 Å². The van der Waals surface area contributed by atoms with Crippen molar-refractivity contribution in [2.75, 3.05) is 9.80 Å². The van der Waals surface area contributed by atoms with E-state index in [0.29, 0.717) is 11.1 Å². The summed E-state index contributed by atoms with van der Waals surface area (Å²) in [5, 5.41) is 28.6. The van der Waals surface area contributed by atoms with Crippen LogP contribution in [0.3, 0.4) is 0 Å². The highest BCUT2D eigenvalue weighted by Crippen LogP contribution is 2.49. The number of anilines is 6. The Labute approximate surface area is 372 Å². The molecule has 0 saturated heterocycles. The van der Waals surface area contributed by atoms with Crippen molar-refractivity contribution in [1.29, 1.82) is 10.5 Å². The monoisotopic (exact) mass is 814 g/mol. The molecule has 0 fully saturated rings. The van der Waals surface area contributed by atoms with E-state index in [1.165, 1.54) is 21.5 Å². The van der Waals surface area contributed by atoms with Crippen LogP contribution < -0.4 is 9.80 Å². The van der Waals surface area contributed by atoms with Gasteiger partial charge in [0.05, 0.1) is 23.3 Å². The van der Waals surface area contributed by atoms with E-state index < -0.39 is 0 Å². The molecule has 64 heavy (non-hydrogen) atoms. The van der Waals surface area contributed by atoms with Crippen LogP contribution in [0.25, 0.3) is 65.3 Å². The Hall–Kier alpha value is -8.96. The van der Waals surface area contributed by atoms with Gasteiger partial charge in [-0.1, -0.05) is 121 Å². The minimum absolute atomic E-state index is 0.616. The first kappa shape index (κ1) is 38.0. The van der Waals surface area contributed by atoms with E-state index in [1.54, 1.807) is 0 Å². The second-order valence-corrected chi connectivity index (χ2v) is 16.0. The van der Waals surface area contributed by atoms with Crippen LogP contribution in [0.1, 0.15) is 11.1 Å². The lowest BCUT2D eigenvalue weighted by molar-refractivity contribution is 1.28. The van der Waals surface area contributed by atoms with Crippen LogP contribution in [0.4, 0.5) is 34.1 Å². The van der Waals surface area contributed by atoms with E-state index in [2.05, 4.69) is 192 Å². The Bertz CT molecular complexity index is 3380. The van der Waals surface area contributed by atoms with Crippen LogP contribution in [-0.2, 0) is 0 Å². The first-order valence-electron chi connectivity index (χ1n) is 21.4. The lowest BCUT2D eigenvalue weighted by atomic mass is 9.84. The molecule has 0 saturated carbocycles. The van der Waals surface area contributed by atoms with E-state index in [1.807, 2.05) is 60.7 Å². The molecule has 11 aromatic carbocycles. The Morgan fingerprint density at radius 3 is 1.00 bits per heavy atom. The Morgan fingerprint density at radius 2 is 0.609 bits per heavy atom. The van der Waals surface area contributed by atoms with E-state index in [9.17, 15) is 10.5 Å². The number of benzene rings is 11. The number of hydrogen-bond donors (Lipinski definition) is 0. The molecule has 298 valence electrons. The summed E-state index contributed by atoms with van der Waals surface area (Å²) >= 11 is 0. The fraction of sp³-hybridized carbons (Fsp3) is 0. The van der Waals surface area contributed by atoms with Crippen molar-refractivity contribution < 1.29 is 0 Å². The molecule has 0 heterocycles. The van der Waals surface area contributed by atoms with Crippen molar-refractivity contribution in [3.05, 3.63) is 242 Å². The van der Waals surface area contributed by atoms with Gasteiger partial charge in [-0.25, -0.2) is 0 Å². The highest BCUT2D eigenvalue weighted by atomic mass is 15.1. The van der Waals surface area contributed by atoms with Gasteiger partial charge in [0.25, 0.3) is 0 Å². The van der Waals surface area contributed by atoms with Crippen LogP contribution in [-0.4, -0.2) is 0 Å². The van der Waals surface area contributed by atoms with Crippen LogP contribution in [0.2, 0.25) is 0 Å². The van der Waals surface area contributed by atoms with Gasteiger partial charge in [-0.3, -0.25) is 0 Å². The molecule has 0 spiro atoms. The zero-order valence-corrected chi connectivity index (χ0v) is 34.7. The summed E-state index contributed by atoms with van der Waals surface area (Å²) in [5.41, 5.74) is 11.7. The number of nitriles is 2. The SMILES string of the molecule is N#Cc1ccc(N(c2ccccc2)c2ccc3c(-c4ccc5ccccc5c4)c4cc(N(c5ccccc5)c5ccc(C#N)cc5)ccc4c(-c4ccc5ccccc5c4)c3c2)cc1. The van der Waals surface area contributed by atoms with Gasteiger partial charge < -0.3 is 9.80 Å². The van der Waals surface area contributed by atoms with Crippen molar-refractivity contribution in [3.8, 4) is 34.4 Å². The molecular weight excluding hydrogens is 777 g/mol. The molecule has 0 aliphatic rings. The second kappa shape index (κ2) is 16.1. The summed E-state index contributed by atoms with van der Waals surface area (Å²) in [6.45, 7) is 0. The molecule has 11 rings (SSSR count). The molecule has 0 unspecified atom stereocenters. The van der Waals surface area contributed by atoms with Gasteiger partial charge >= 0.3 is 0 Å². The maximum Gasteiger partial charge on any atom is 0.0991 e. The minimum Gasteiger partial charge on any atom is -0.310 e. The molecule has 4 nitrogen and oxygen atoms in total. The number of hydrogen-bond acceptors (Lipinski definition) is 4. The smallest absolute Gasteiger partial charge is 0.0991 e. The molecule has 0 aliphatic carbocycles. The first-order chi connectivity index (χ1) is 31.6. The zero-order chi connectivity index (χ0) is 43.0. The molecule has 11 aromatic rings. The molecule has 0 amide bonds. The molecular formula is C60H38N4. The van der Waals surface area contributed by atoms with Crippen LogP contribution >= 0.6 is 0 Å². The van der Waals surface area contributed by atoms with Gasteiger partial charge in [0.1, 0.15) is 0 Å². The van der Waals surface area contributed by atoms with Crippen molar-refractivity contribution in [1.82, 2.24) is 0 Å². The third kappa shape index (κ3) is 6.83. The predicted molar refractivity (Wildman–Crippen MR) is 266 cm³/mol. The molecule has 0 N–H and O–H groups in total. The predicted octanol–water partition coefficient (Wildman–Crippen LogP) is 16.3. The van der Waals surface area contributed by atoms with Crippen molar-refractivity contribution >= 4 is 77.2 Å². The van der Waals surface area contributed by atoms with Gasteiger partial charge in [0.2, 0.25) is 0 Å². The summed E-state index contributed by atoms with van der Waals surface area (Å²) in [4.78, 5) is 4.53. The number of rotatable bonds is 8. The molecule has 0 aromatic heterocycles. The van der Waals surface area contributed by atoms with E-state index in [4.69, 9.17) is 0 Å². The normalized spacial score (nSPS) is 11.1. The lowest BCUT2D eigenvalue weighted by Crippen LogP contribution is -2.10. The number of para-hydroxylation sites is 2. The number of nitrogens with zero attached hydrogens (tertiary/aromatic N) is 4. The molecule has 0 atom stereocenters. The van der Waals surface area contributed by atoms with Crippen molar-refractivity contribution in [2.24, 2.45) is 0 Å². The van der Waals surface area contributed by atoms with Gasteiger partial charge in [-0.05, 0) is 175 Å². The molecule has 4 heteroatoms. The summed E-state index contributed by atoms with van der Waals surface area (Å²) in [7, 11) is 0. The average molecular weight is 815 g/mol. The van der Waals surface area contributed by atoms with Crippen LogP contribution in [0, 0.1) is 22.7 Å². The first-order valence-corrected chi connectivity index (χ1v) is 21.4. The van der Waals surface area contributed by atoms with Gasteiger partial charge in [0, 0.05) is 34.1 Å². The van der Waals surface area contributed by atoms with Crippen molar-refractivity contribution in [3.63, 3.8) is 0 Å². The Balaban J connectivity index is 1.25. The van der Waals surface area contributed by atoms with Gasteiger partial charge in [-0.2, -0.15) is 10.5 Å². The average Bonchev–Trinajstić information content (AvgIpc) is 3.36. The highest BCUT2D eigenvalue weighted by Gasteiger charge is 2.22. The van der Waals surface area contributed by atoms with Gasteiger partial charge in [0.15, 0.2) is 0 Å². The number of fused-ring (bicyclic) bond motifs is 4. The largest absolute Gasteiger partial charge is 0.310 e. The standard InChI is InChI=1S/C60H38N4/c61-39-41-19-27-51(28-20-41)63(49-15-3-1-4-16-49)53-31-33-55-57(37-53)59(47-25-23-43-11-7-9-13-45(43)35-47)56-34-32-54(38-58(56)60(55)48-26-24-44-12-8-10-14-46(44)36-48)64(50-17-5-2-6-18-50)52-29-21-42(40-62)22-30-52/h1-38H. The molecule has 0 aliphatic heterocycles. The van der Waals surface area contributed by atoms with Crippen molar-refractivity contribution in [2.45, 2.75) is 0 Å². The maximum absolute atomic E-state index is 9.70. The quantitative estimate of drug-likeness (QED) is 0.143. The Morgan fingerprint density at radius 1 is 0.266 bits per heavy atom. The molecule has 0 radical (unpaired) electrons. The van der Waals surface area contributed by atoms with E-state index >= 15 is 0 Å².